The fraction of sp³-hybridized carbons (Fsp3) is 0.308. The highest BCUT2D eigenvalue weighted by molar-refractivity contribution is 5.83. The van der Waals surface area contributed by atoms with Crippen LogP contribution in [0.15, 0.2) is 48.8 Å². The van der Waals surface area contributed by atoms with Crippen LogP contribution < -0.4 is 11.1 Å². The Morgan fingerprint density at radius 3 is 2.63 bits per heavy atom. The number of imidazole rings is 1. The minimum atomic E-state index is -0.728. The van der Waals surface area contributed by atoms with Crippen molar-refractivity contribution < 1.29 is 14.3 Å². The zero-order chi connectivity index (χ0) is 24.1. The van der Waals surface area contributed by atoms with E-state index in [9.17, 15) is 14.3 Å². The van der Waals surface area contributed by atoms with E-state index in [1.165, 1.54) is 18.5 Å². The van der Waals surface area contributed by atoms with Gasteiger partial charge in [0, 0.05) is 23.6 Å². The van der Waals surface area contributed by atoms with Crippen molar-refractivity contribution in [2.75, 3.05) is 11.1 Å². The molecule has 3 heterocycles. The molecule has 1 saturated carbocycles. The number of anilines is 2. The van der Waals surface area contributed by atoms with Crippen LogP contribution in [0.3, 0.4) is 0 Å². The number of rotatable bonds is 4. The number of aromatic nitrogens is 4. The van der Waals surface area contributed by atoms with Gasteiger partial charge in [-0.15, -0.1) is 0 Å². The van der Waals surface area contributed by atoms with Gasteiger partial charge in [-0.1, -0.05) is 30.3 Å². The number of nitrogens with zero attached hydrogens (tertiary/aromatic N) is 4. The van der Waals surface area contributed by atoms with Crippen molar-refractivity contribution in [1.29, 1.82) is 0 Å². The highest BCUT2D eigenvalue weighted by Crippen LogP contribution is 2.43. The maximum atomic E-state index is 13.5. The number of para-hydroxylation sites is 1. The number of aliphatic carboxylic acids is 1. The Bertz CT molecular complexity index is 1430. The summed E-state index contributed by atoms with van der Waals surface area (Å²) in [5, 5.41) is 17.5. The zero-order valence-corrected chi connectivity index (χ0v) is 19.0. The molecule has 2 aliphatic rings. The van der Waals surface area contributed by atoms with Gasteiger partial charge < -0.3 is 16.2 Å². The van der Waals surface area contributed by atoms with E-state index in [2.05, 4.69) is 21.5 Å². The number of fused-ring (bicyclic) bond motifs is 2. The second-order valence-corrected chi connectivity index (χ2v) is 9.40. The topological polar surface area (TPSA) is 118 Å². The van der Waals surface area contributed by atoms with Crippen molar-refractivity contribution in [2.45, 2.75) is 44.1 Å². The molecule has 6 rings (SSSR count). The summed E-state index contributed by atoms with van der Waals surface area (Å²) in [6.07, 6.45) is 4.89. The maximum absolute atomic E-state index is 13.5. The summed E-state index contributed by atoms with van der Waals surface area (Å²) in [5.41, 5.74) is 11.9. The molecule has 4 N–H and O–H groups in total. The Balaban J connectivity index is 1.37. The van der Waals surface area contributed by atoms with Crippen molar-refractivity contribution >= 4 is 23.0 Å². The number of hydrogen-bond donors (Lipinski definition) is 3. The molecule has 0 bridgehead atoms. The molecule has 1 unspecified atom stereocenters. The van der Waals surface area contributed by atoms with E-state index in [4.69, 9.17) is 10.7 Å². The van der Waals surface area contributed by atoms with Gasteiger partial charge >= 0.3 is 5.97 Å². The van der Waals surface area contributed by atoms with Gasteiger partial charge in [0.15, 0.2) is 5.82 Å². The van der Waals surface area contributed by atoms with Gasteiger partial charge in [0.25, 0.3) is 0 Å². The van der Waals surface area contributed by atoms with Crippen molar-refractivity contribution in [3.05, 3.63) is 71.7 Å². The number of carboxylic acids is 1. The summed E-state index contributed by atoms with van der Waals surface area (Å²) in [4.78, 5) is 20.7. The lowest BCUT2D eigenvalue weighted by Crippen LogP contribution is -2.21. The summed E-state index contributed by atoms with van der Waals surface area (Å²) in [6.45, 7) is 0. The molecule has 178 valence electrons. The number of carboxylic acid groups (broad SMARTS) is 1. The summed E-state index contributed by atoms with van der Waals surface area (Å²) in [6, 6.07) is 12.5. The minimum Gasteiger partial charge on any atom is -0.481 e. The van der Waals surface area contributed by atoms with Gasteiger partial charge in [-0.3, -0.25) is 4.79 Å². The van der Waals surface area contributed by atoms with Gasteiger partial charge in [-0.2, -0.15) is 5.10 Å². The molecule has 0 radical (unpaired) electrons. The number of benzene rings is 2. The molecule has 0 amide bonds. The smallest absolute Gasteiger partial charge is 0.306 e. The summed E-state index contributed by atoms with van der Waals surface area (Å²) in [5.74, 6) is -0.00762. The van der Waals surface area contributed by atoms with Crippen LogP contribution in [0.5, 0.6) is 0 Å². The van der Waals surface area contributed by atoms with Gasteiger partial charge in [0.05, 0.1) is 17.7 Å². The Hall–Kier alpha value is -4.01. The van der Waals surface area contributed by atoms with Crippen LogP contribution in [0.25, 0.3) is 16.6 Å². The highest BCUT2D eigenvalue weighted by Gasteiger charge is 2.34. The molecule has 4 aromatic rings. The third-order valence-corrected chi connectivity index (χ3v) is 7.33. The molecule has 9 heteroatoms. The maximum Gasteiger partial charge on any atom is 0.306 e. The summed E-state index contributed by atoms with van der Waals surface area (Å²) < 4.78 is 15.3. The molecule has 0 saturated heterocycles. The van der Waals surface area contributed by atoms with Gasteiger partial charge in [0.1, 0.15) is 23.5 Å². The van der Waals surface area contributed by atoms with E-state index in [0.29, 0.717) is 24.2 Å². The quantitative estimate of drug-likeness (QED) is 0.398. The lowest BCUT2D eigenvalue weighted by atomic mass is 9.82. The molecule has 1 aliphatic heterocycles. The lowest BCUT2D eigenvalue weighted by Gasteiger charge is -2.24. The monoisotopic (exact) mass is 472 g/mol. The normalized spacial score (nSPS) is 21.6. The van der Waals surface area contributed by atoms with E-state index < -0.39 is 5.97 Å². The average Bonchev–Trinajstić information content (AvgIpc) is 3.47. The number of nitrogens with two attached hydrogens (primary N) is 1. The zero-order valence-electron chi connectivity index (χ0n) is 19.0. The van der Waals surface area contributed by atoms with E-state index in [1.807, 2.05) is 12.1 Å². The highest BCUT2D eigenvalue weighted by atomic mass is 19.1. The van der Waals surface area contributed by atoms with Crippen molar-refractivity contribution in [2.24, 2.45) is 5.92 Å². The van der Waals surface area contributed by atoms with Gasteiger partial charge in [-0.05, 0) is 48.9 Å². The summed E-state index contributed by atoms with van der Waals surface area (Å²) >= 11 is 0. The number of hydrogen-bond acceptors (Lipinski definition) is 6. The number of nitrogens with one attached hydrogen (secondary N) is 1. The lowest BCUT2D eigenvalue weighted by molar-refractivity contribution is -0.142. The van der Waals surface area contributed by atoms with Crippen LogP contribution in [0.2, 0.25) is 0 Å². The van der Waals surface area contributed by atoms with Crippen LogP contribution >= 0.6 is 0 Å². The predicted octanol–water partition coefficient (Wildman–Crippen LogP) is 4.58. The van der Waals surface area contributed by atoms with Crippen molar-refractivity contribution in [3.63, 3.8) is 0 Å². The molecule has 1 fully saturated rings. The molecule has 35 heavy (non-hydrogen) atoms. The van der Waals surface area contributed by atoms with Crippen LogP contribution in [0.4, 0.5) is 15.9 Å². The van der Waals surface area contributed by atoms with Crippen molar-refractivity contribution in [3.8, 4) is 11.1 Å². The molecule has 2 aromatic carbocycles. The van der Waals surface area contributed by atoms with Crippen LogP contribution in [-0.2, 0) is 11.2 Å². The fourth-order valence-corrected chi connectivity index (χ4v) is 5.53. The second-order valence-electron chi connectivity index (χ2n) is 9.40. The number of nitrogen functional groups attached to an aromatic ring is 1. The number of carbonyl (C=O) groups is 1. The van der Waals surface area contributed by atoms with Crippen LogP contribution in [-0.4, -0.2) is 30.7 Å². The van der Waals surface area contributed by atoms with Crippen molar-refractivity contribution in [1.82, 2.24) is 19.6 Å². The predicted molar refractivity (Wildman–Crippen MR) is 129 cm³/mol. The van der Waals surface area contributed by atoms with Gasteiger partial charge in [-0.25, -0.2) is 18.9 Å². The molecule has 8 nitrogen and oxygen atoms in total. The molecule has 1 aliphatic carbocycles. The molecular weight excluding hydrogens is 447 g/mol. The SMILES string of the molecule is Nc1ncnn2c(C3CCC(C(=O)O)CC3)nc(C3Cc4cccc(-c5ccc(F)cc5)c4N3)c12. The van der Waals surface area contributed by atoms with E-state index in [-0.39, 0.29) is 23.7 Å². The Kier molecular flexibility index (Phi) is 5.12. The summed E-state index contributed by atoms with van der Waals surface area (Å²) in [7, 11) is 0. The van der Waals surface area contributed by atoms with E-state index >= 15 is 0 Å². The Morgan fingerprint density at radius 2 is 1.89 bits per heavy atom. The standard InChI is InChI=1S/C26H25FN6O2/c27-18-10-8-14(9-11-18)19-3-1-2-17-12-20(31-21(17)19)22-23-24(28)29-13-30-33(23)25(32-22)15-4-6-16(7-5-15)26(34)35/h1-3,8-11,13,15-16,20,31H,4-7,12H2,(H,34,35)(H2,28,29,30). The number of halogens is 1. The molecule has 1 atom stereocenters. The Morgan fingerprint density at radius 1 is 1.11 bits per heavy atom. The first kappa shape index (κ1) is 21.5. The fourth-order valence-electron chi connectivity index (χ4n) is 5.53. The van der Waals surface area contributed by atoms with Gasteiger partial charge in [0.2, 0.25) is 0 Å². The molecular formula is C26H25FN6O2. The largest absolute Gasteiger partial charge is 0.481 e. The third kappa shape index (κ3) is 3.67. The van der Waals surface area contributed by atoms with Crippen LogP contribution in [0.1, 0.15) is 54.7 Å². The average molecular weight is 473 g/mol. The Labute approximate surface area is 201 Å². The van der Waals surface area contributed by atoms with Crippen LogP contribution in [0, 0.1) is 11.7 Å². The van der Waals surface area contributed by atoms with E-state index in [0.717, 1.165) is 53.2 Å². The third-order valence-electron chi connectivity index (χ3n) is 7.33. The molecule has 2 aromatic heterocycles. The first-order valence-corrected chi connectivity index (χ1v) is 11.9. The first-order valence-electron chi connectivity index (χ1n) is 11.9. The molecule has 0 spiro atoms. The second kappa shape index (κ2) is 8.33. The van der Waals surface area contributed by atoms with E-state index in [1.54, 1.807) is 16.6 Å². The minimum absolute atomic E-state index is 0.111. The first-order chi connectivity index (χ1) is 17.0.